The summed E-state index contributed by atoms with van der Waals surface area (Å²) in [4.78, 5) is 16.4. The number of anilines is 1. The van der Waals surface area contributed by atoms with Crippen molar-refractivity contribution in [3.05, 3.63) is 76.2 Å². The summed E-state index contributed by atoms with van der Waals surface area (Å²) in [6.45, 7) is 0.266. The van der Waals surface area contributed by atoms with E-state index in [0.29, 0.717) is 5.75 Å². The average Bonchev–Trinajstić information content (AvgIpc) is 3.13. The van der Waals surface area contributed by atoms with E-state index in [0.717, 1.165) is 17.8 Å². The average molecular weight is 378 g/mol. The quantitative estimate of drug-likeness (QED) is 0.680. The molecule has 0 aliphatic rings. The molecule has 0 radical (unpaired) electrons. The van der Waals surface area contributed by atoms with Gasteiger partial charge in [0, 0.05) is 16.6 Å². The number of nitrogens with one attached hydrogen (secondary N) is 1. The smallest absolute Gasteiger partial charge is 0.416 e. The molecule has 0 unspecified atom stereocenters. The first-order chi connectivity index (χ1) is 12.4. The second kappa shape index (κ2) is 7.57. The van der Waals surface area contributed by atoms with Crippen LogP contribution in [0.5, 0.6) is 5.75 Å². The summed E-state index contributed by atoms with van der Waals surface area (Å²) >= 11 is 1.45. The predicted octanol–water partition coefficient (Wildman–Crippen LogP) is 4.99. The van der Waals surface area contributed by atoms with E-state index in [1.165, 1.54) is 29.5 Å². The van der Waals surface area contributed by atoms with Crippen molar-refractivity contribution in [3.63, 3.8) is 0 Å². The van der Waals surface area contributed by atoms with E-state index in [1.54, 1.807) is 23.7 Å². The molecule has 134 valence electrons. The zero-order chi connectivity index (χ0) is 18.6. The van der Waals surface area contributed by atoms with E-state index in [1.807, 2.05) is 5.38 Å². The topological polar surface area (TPSA) is 51.2 Å². The lowest BCUT2D eigenvalue weighted by molar-refractivity contribution is -0.137. The number of halogens is 3. The molecule has 3 rings (SSSR count). The molecule has 0 fully saturated rings. The molecule has 0 atom stereocenters. The van der Waals surface area contributed by atoms with E-state index in [9.17, 15) is 18.0 Å². The van der Waals surface area contributed by atoms with Crippen LogP contribution in [0.4, 0.5) is 18.9 Å². The van der Waals surface area contributed by atoms with Gasteiger partial charge < -0.3 is 10.1 Å². The molecule has 26 heavy (non-hydrogen) atoms. The molecule has 1 aromatic heterocycles. The Labute approximate surface area is 151 Å². The number of carbonyl (C=O) groups excluding carboxylic acids is 1. The molecule has 0 aliphatic carbocycles. The highest BCUT2D eigenvalue weighted by Gasteiger charge is 2.30. The fourth-order valence-electron chi connectivity index (χ4n) is 2.17. The number of aromatic nitrogens is 1. The minimum absolute atomic E-state index is 0.0682. The van der Waals surface area contributed by atoms with Gasteiger partial charge in [-0.2, -0.15) is 13.2 Å². The molecule has 1 heterocycles. The van der Waals surface area contributed by atoms with Crippen molar-refractivity contribution < 1.29 is 22.7 Å². The number of hydrogen-bond donors (Lipinski definition) is 1. The number of ether oxygens (including phenoxy) is 1. The van der Waals surface area contributed by atoms with Crippen molar-refractivity contribution in [1.29, 1.82) is 0 Å². The van der Waals surface area contributed by atoms with Crippen LogP contribution in [0.15, 0.2) is 59.4 Å². The third-order valence-corrected chi connectivity index (χ3v) is 4.05. The first kappa shape index (κ1) is 17.9. The molecule has 0 spiro atoms. The number of rotatable bonds is 5. The first-order valence-electron chi connectivity index (χ1n) is 7.50. The van der Waals surface area contributed by atoms with Crippen molar-refractivity contribution in [3.8, 4) is 5.75 Å². The van der Waals surface area contributed by atoms with Gasteiger partial charge in [-0.1, -0.05) is 12.1 Å². The van der Waals surface area contributed by atoms with Crippen molar-refractivity contribution in [2.75, 3.05) is 5.32 Å². The van der Waals surface area contributed by atoms with E-state index in [4.69, 9.17) is 4.74 Å². The summed E-state index contributed by atoms with van der Waals surface area (Å²) in [5.41, 5.74) is 1.98. The second-order valence-corrected chi connectivity index (χ2v) is 6.05. The lowest BCUT2D eigenvalue weighted by Crippen LogP contribution is -2.13. The third kappa shape index (κ3) is 4.60. The number of benzene rings is 2. The van der Waals surface area contributed by atoms with Crippen LogP contribution in [-0.4, -0.2) is 10.9 Å². The maximum Gasteiger partial charge on any atom is 0.416 e. The van der Waals surface area contributed by atoms with Gasteiger partial charge in [0.2, 0.25) is 0 Å². The molecule has 0 bridgehead atoms. The van der Waals surface area contributed by atoms with Crippen LogP contribution in [0.1, 0.15) is 21.6 Å². The number of alkyl halides is 3. The minimum Gasteiger partial charge on any atom is -0.487 e. The summed E-state index contributed by atoms with van der Waals surface area (Å²) in [6, 6.07) is 10.9. The Morgan fingerprint density at radius 2 is 1.96 bits per heavy atom. The Kier molecular flexibility index (Phi) is 5.22. The lowest BCUT2D eigenvalue weighted by atomic mass is 10.1. The highest BCUT2D eigenvalue weighted by Crippen LogP contribution is 2.30. The van der Waals surface area contributed by atoms with Crippen LogP contribution in [0.3, 0.4) is 0 Å². The molecule has 1 amide bonds. The van der Waals surface area contributed by atoms with Gasteiger partial charge in [0.1, 0.15) is 12.4 Å². The Balaban J connectivity index is 1.69. The Morgan fingerprint density at radius 1 is 1.15 bits per heavy atom. The van der Waals surface area contributed by atoms with Gasteiger partial charge in [0.25, 0.3) is 5.91 Å². The maximum absolute atomic E-state index is 12.7. The van der Waals surface area contributed by atoms with Crippen molar-refractivity contribution in [1.82, 2.24) is 4.98 Å². The van der Waals surface area contributed by atoms with Crippen LogP contribution < -0.4 is 10.1 Å². The highest BCUT2D eigenvalue weighted by atomic mass is 32.1. The number of thiazole rings is 1. The zero-order valence-electron chi connectivity index (χ0n) is 13.3. The van der Waals surface area contributed by atoms with Crippen LogP contribution in [0.2, 0.25) is 0 Å². The molecular weight excluding hydrogens is 365 g/mol. The normalized spacial score (nSPS) is 11.2. The Bertz CT molecular complexity index is 895. The molecule has 8 heteroatoms. The Morgan fingerprint density at radius 3 is 2.69 bits per heavy atom. The van der Waals surface area contributed by atoms with E-state index in [-0.39, 0.29) is 17.9 Å². The first-order valence-corrected chi connectivity index (χ1v) is 8.44. The monoisotopic (exact) mass is 378 g/mol. The van der Waals surface area contributed by atoms with Crippen molar-refractivity contribution >= 4 is 22.9 Å². The van der Waals surface area contributed by atoms with Crippen LogP contribution in [0.25, 0.3) is 0 Å². The molecule has 0 saturated heterocycles. The van der Waals surface area contributed by atoms with Crippen LogP contribution in [-0.2, 0) is 12.8 Å². The molecule has 0 saturated carbocycles. The van der Waals surface area contributed by atoms with Gasteiger partial charge in [0.15, 0.2) is 0 Å². The number of nitrogens with zero attached hydrogens (tertiary/aromatic N) is 1. The second-order valence-electron chi connectivity index (χ2n) is 5.33. The number of carbonyl (C=O) groups is 1. The standard InChI is InChI=1S/C18H13F3N2O2S/c19-18(20,21)13-4-2-5-14(8-13)23-17(24)12-3-1-6-16(7-12)25-9-15-10-26-11-22-15/h1-8,10-11H,9H2,(H,23,24). The molecule has 2 aromatic carbocycles. The predicted molar refractivity (Wildman–Crippen MR) is 92.3 cm³/mol. The SMILES string of the molecule is O=C(Nc1cccc(C(F)(F)F)c1)c1cccc(OCc2cscn2)c1. The van der Waals surface area contributed by atoms with E-state index < -0.39 is 17.6 Å². The van der Waals surface area contributed by atoms with E-state index >= 15 is 0 Å². The third-order valence-electron chi connectivity index (χ3n) is 3.41. The molecule has 3 aromatic rings. The fourth-order valence-corrected chi connectivity index (χ4v) is 2.71. The van der Waals surface area contributed by atoms with E-state index in [2.05, 4.69) is 10.3 Å². The molecule has 1 N–H and O–H groups in total. The van der Waals surface area contributed by atoms with Gasteiger partial charge in [-0.25, -0.2) is 4.98 Å². The van der Waals surface area contributed by atoms with Crippen molar-refractivity contribution in [2.45, 2.75) is 12.8 Å². The van der Waals surface area contributed by atoms with Gasteiger partial charge in [-0.15, -0.1) is 11.3 Å². The summed E-state index contributed by atoms with van der Waals surface area (Å²) in [5, 5.41) is 4.31. The summed E-state index contributed by atoms with van der Waals surface area (Å²) in [5.74, 6) is -0.0573. The maximum atomic E-state index is 12.7. The minimum atomic E-state index is -4.47. The summed E-state index contributed by atoms with van der Waals surface area (Å²) < 4.78 is 43.8. The van der Waals surface area contributed by atoms with Crippen LogP contribution in [0, 0.1) is 0 Å². The number of hydrogen-bond acceptors (Lipinski definition) is 4. The van der Waals surface area contributed by atoms with Crippen molar-refractivity contribution in [2.24, 2.45) is 0 Å². The number of amides is 1. The largest absolute Gasteiger partial charge is 0.487 e. The zero-order valence-corrected chi connectivity index (χ0v) is 14.1. The summed E-state index contributed by atoms with van der Waals surface area (Å²) in [6.07, 6.45) is -4.47. The van der Waals surface area contributed by atoms with Gasteiger partial charge >= 0.3 is 6.18 Å². The molecular formula is C18H13F3N2O2S. The van der Waals surface area contributed by atoms with Crippen LogP contribution >= 0.6 is 11.3 Å². The van der Waals surface area contributed by atoms with Gasteiger partial charge in [0.05, 0.1) is 16.8 Å². The molecule has 4 nitrogen and oxygen atoms in total. The lowest BCUT2D eigenvalue weighted by Gasteiger charge is -2.10. The van der Waals surface area contributed by atoms with Gasteiger partial charge in [-0.05, 0) is 36.4 Å². The molecule has 0 aliphatic heterocycles. The Hall–Kier alpha value is -2.87. The van der Waals surface area contributed by atoms with Gasteiger partial charge in [-0.3, -0.25) is 4.79 Å². The fraction of sp³-hybridized carbons (Fsp3) is 0.111. The summed E-state index contributed by atoms with van der Waals surface area (Å²) in [7, 11) is 0. The highest BCUT2D eigenvalue weighted by molar-refractivity contribution is 7.07.